The van der Waals surface area contributed by atoms with Gasteiger partial charge in [-0.05, 0) is 19.3 Å². The normalized spacial score (nSPS) is 35.3. The Balaban J connectivity index is 1.76. The van der Waals surface area contributed by atoms with Crippen molar-refractivity contribution in [2.24, 2.45) is 5.92 Å². The van der Waals surface area contributed by atoms with Gasteiger partial charge >= 0.3 is 5.97 Å². The maximum atomic E-state index is 11.7. The first-order chi connectivity index (χ1) is 8.74. The first-order valence-electron chi connectivity index (χ1n) is 7.24. The van der Waals surface area contributed by atoms with Gasteiger partial charge in [-0.3, -0.25) is 0 Å². The number of fused-ring (bicyclic) bond motifs is 1. The highest BCUT2D eigenvalue weighted by Crippen LogP contribution is 2.33. The SMILES string of the molecule is CCCCCCC[C@@H]1OC(=O)[C@@H]2OCC[C@@H]2[C@H]1O. The van der Waals surface area contributed by atoms with Crippen LogP contribution in [0.3, 0.4) is 0 Å². The van der Waals surface area contributed by atoms with Gasteiger partial charge in [0, 0.05) is 12.5 Å². The molecule has 0 unspecified atom stereocenters. The second-order valence-electron chi connectivity index (χ2n) is 5.41. The molecule has 104 valence electrons. The summed E-state index contributed by atoms with van der Waals surface area (Å²) in [6.45, 7) is 2.75. The summed E-state index contributed by atoms with van der Waals surface area (Å²) in [5, 5.41) is 10.2. The molecule has 0 aliphatic carbocycles. The lowest BCUT2D eigenvalue weighted by Gasteiger charge is -2.35. The molecule has 0 radical (unpaired) electrons. The van der Waals surface area contributed by atoms with Crippen molar-refractivity contribution in [2.75, 3.05) is 6.61 Å². The van der Waals surface area contributed by atoms with Crippen LogP contribution in [0, 0.1) is 5.92 Å². The van der Waals surface area contributed by atoms with Crippen LogP contribution in [-0.4, -0.2) is 36.0 Å². The number of hydrogen-bond donors (Lipinski definition) is 1. The molecule has 4 atom stereocenters. The highest BCUT2D eigenvalue weighted by atomic mass is 16.6. The Hall–Kier alpha value is -0.610. The van der Waals surface area contributed by atoms with Crippen molar-refractivity contribution in [1.29, 1.82) is 0 Å². The molecular weight excluding hydrogens is 232 g/mol. The Labute approximate surface area is 109 Å². The molecule has 2 rings (SSSR count). The van der Waals surface area contributed by atoms with Crippen molar-refractivity contribution in [3.8, 4) is 0 Å². The van der Waals surface area contributed by atoms with E-state index in [-0.39, 0.29) is 18.0 Å². The number of unbranched alkanes of at least 4 members (excludes halogenated alkanes) is 4. The van der Waals surface area contributed by atoms with Crippen molar-refractivity contribution >= 4 is 5.97 Å². The Kier molecular flexibility index (Phi) is 5.01. The van der Waals surface area contributed by atoms with Gasteiger partial charge in [0.15, 0.2) is 6.10 Å². The molecule has 2 aliphatic rings. The van der Waals surface area contributed by atoms with E-state index in [4.69, 9.17) is 9.47 Å². The number of aliphatic hydroxyl groups excluding tert-OH is 1. The van der Waals surface area contributed by atoms with Gasteiger partial charge in [-0.2, -0.15) is 0 Å². The number of carbonyl (C=O) groups excluding carboxylic acids is 1. The highest BCUT2D eigenvalue weighted by Gasteiger charge is 2.48. The van der Waals surface area contributed by atoms with Gasteiger partial charge in [-0.1, -0.05) is 32.6 Å². The standard InChI is InChI=1S/C14H24O4/c1-2-3-4-5-6-7-11-12(15)10-8-9-17-13(10)14(16)18-11/h10-13,15H,2-9H2,1H3/t10-,11+,12-,13-/m1/s1. The summed E-state index contributed by atoms with van der Waals surface area (Å²) in [5.41, 5.74) is 0. The summed E-state index contributed by atoms with van der Waals surface area (Å²) in [4.78, 5) is 11.7. The molecule has 0 aromatic rings. The average Bonchev–Trinajstić information content (AvgIpc) is 2.84. The van der Waals surface area contributed by atoms with Crippen LogP contribution in [-0.2, 0) is 14.3 Å². The molecule has 2 saturated heterocycles. The molecule has 2 fully saturated rings. The molecular formula is C14H24O4. The largest absolute Gasteiger partial charge is 0.458 e. The maximum Gasteiger partial charge on any atom is 0.336 e. The summed E-state index contributed by atoms with van der Waals surface area (Å²) in [5.74, 6) is -0.326. The van der Waals surface area contributed by atoms with Crippen molar-refractivity contribution in [3.63, 3.8) is 0 Å². The highest BCUT2D eigenvalue weighted by molar-refractivity contribution is 5.76. The van der Waals surface area contributed by atoms with E-state index in [0.29, 0.717) is 6.61 Å². The van der Waals surface area contributed by atoms with E-state index in [1.165, 1.54) is 19.3 Å². The lowest BCUT2D eigenvalue weighted by atomic mass is 9.87. The van der Waals surface area contributed by atoms with Crippen molar-refractivity contribution in [1.82, 2.24) is 0 Å². The number of cyclic esters (lactones) is 1. The van der Waals surface area contributed by atoms with Gasteiger partial charge in [0.2, 0.25) is 0 Å². The van der Waals surface area contributed by atoms with Crippen molar-refractivity contribution in [3.05, 3.63) is 0 Å². The maximum absolute atomic E-state index is 11.7. The molecule has 4 heteroatoms. The Bertz CT molecular complexity index is 279. The summed E-state index contributed by atoms with van der Waals surface area (Å²) in [7, 11) is 0. The van der Waals surface area contributed by atoms with E-state index in [1.54, 1.807) is 0 Å². The van der Waals surface area contributed by atoms with Gasteiger partial charge in [0.25, 0.3) is 0 Å². The van der Waals surface area contributed by atoms with Crippen LogP contribution in [0.25, 0.3) is 0 Å². The fourth-order valence-electron chi connectivity index (χ4n) is 2.94. The Morgan fingerprint density at radius 3 is 2.83 bits per heavy atom. The van der Waals surface area contributed by atoms with Crippen LogP contribution in [0.5, 0.6) is 0 Å². The first-order valence-corrected chi connectivity index (χ1v) is 7.24. The smallest absolute Gasteiger partial charge is 0.336 e. The van der Waals surface area contributed by atoms with Crippen LogP contribution in [0.15, 0.2) is 0 Å². The minimum Gasteiger partial charge on any atom is -0.458 e. The molecule has 0 saturated carbocycles. The van der Waals surface area contributed by atoms with Crippen LogP contribution in [0.1, 0.15) is 51.9 Å². The fourth-order valence-corrected chi connectivity index (χ4v) is 2.94. The third kappa shape index (κ3) is 3.04. The lowest BCUT2D eigenvalue weighted by molar-refractivity contribution is -0.187. The molecule has 1 N–H and O–H groups in total. The second kappa shape index (κ2) is 6.53. The van der Waals surface area contributed by atoms with Gasteiger partial charge in [-0.25, -0.2) is 4.79 Å². The first kappa shape index (κ1) is 13.8. The van der Waals surface area contributed by atoms with Crippen LogP contribution in [0.4, 0.5) is 0 Å². The quantitative estimate of drug-likeness (QED) is 0.583. The van der Waals surface area contributed by atoms with Gasteiger partial charge in [-0.15, -0.1) is 0 Å². The van der Waals surface area contributed by atoms with E-state index in [2.05, 4.69) is 6.92 Å². The zero-order valence-corrected chi connectivity index (χ0v) is 11.1. The molecule has 0 amide bonds. The zero-order valence-electron chi connectivity index (χ0n) is 11.1. The molecule has 0 spiro atoms. The van der Waals surface area contributed by atoms with Crippen molar-refractivity contribution < 1.29 is 19.4 Å². The van der Waals surface area contributed by atoms with Crippen molar-refractivity contribution in [2.45, 2.75) is 70.2 Å². The number of esters is 1. The third-order valence-electron chi connectivity index (χ3n) is 4.05. The molecule has 18 heavy (non-hydrogen) atoms. The molecule has 0 bridgehead atoms. The number of rotatable bonds is 6. The Morgan fingerprint density at radius 1 is 1.28 bits per heavy atom. The number of aliphatic hydroxyl groups is 1. The summed E-state index contributed by atoms with van der Waals surface area (Å²) < 4.78 is 10.6. The van der Waals surface area contributed by atoms with Gasteiger partial charge < -0.3 is 14.6 Å². The average molecular weight is 256 g/mol. The monoisotopic (exact) mass is 256 g/mol. The molecule has 4 nitrogen and oxygen atoms in total. The van der Waals surface area contributed by atoms with Crippen LogP contribution < -0.4 is 0 Å². The number of hydrogen-bond acceptors (Lipinski definition) is 4. The molecule has 2 aliphatic heterocycles. The fraction of sp³-hybridized carbons (Fsp3) is 0.929. The molecule has 0 aromatic carbocycles. The zero-order chi connectivity index (χ0) is 13.0. The molecule has 0 aromatic heterocycles. The predicted molar refractivity (Wildman–Crippen MR) is 67.1 cm³/mol. The van der Waals surface area contributed by atoms with Crippen LogP contribution >= 0.6 is 0 Å². The van der Waals surface area contributed by atoms with E-state index >= 15 is 0 Å². The second-order valence-corrected chi connectivity index (χ2v) is 5.41. The molecule has 2 heterocycles. The summed E-state index contributed by atoms with van der Waals surface area (Å²) >= 11 is 0. The minimum atomic E-state index is -0.540. The number of ether oxygens (including phenoxy) is 2. The number of carbonyl (C=O) groups is 1. The van der Waals surface area contributed by atoms with E-state index in [1.807, 2.05) is 0 Å². The third-order valence-corrected chi connectivity index (χ3v) is 4.05. The van der Waals surface area contributed by atoms with Gasteiger partial charge in [0.1, 0.15) is 6.10 Å². The van der Waals surface area contributed by atoms with E-state index < -0.39 is 12.2 Å². The summed E-state index contributed by atoms with van der Waals surface area (Å²) in [6.07, 6.45) is 6.05. The minimum absolute atomic E-state index is 0.0492. The summed E-state index contributed by atoms with van der Waals surface area (Å²) in [6, 6.07) is 0. The topological polar surface area (TPSA) is 55.8 Å². The Morgan fingerprint density at radius 2 is 2.06 bits per heavy atom. The lowest BCUT2D eigenvalue weighted by Crippen LogP contribution is -2.50. The predicted octanol–water partition coefficient (Wildman–Crippen LogP) is 2.04. The van der Waals surface area contributed by atoms with Crippen LogP contribution in [0.2, 0.25) is 0 Å². The van der Waals surface area contributed by atoms with Gasteiger partial charge in [0.05, 0.1) is 6.10 Å². The van der Waals surface area contributed by atoms with E-state index in [9.17, 15) is 9.90 Å². The van der Waals surface area contributed by atoms with E-state index in [0.717, 1.165) is 25.7 Å².